The van der Waals surface area contributed by atoms with Gasteiger partial charge in [0.05, 0.1) is 16.3 Å². The molecule has 2 N–H and O–H groups in total. The average molecular weight is 443 g/mol. The molecule has 0 radical (unpaired) electrons. The minimum Gasteiger partial charge on any atom is -0.380 e. The highest BCUT2D eigenvalue weighted by Crippen LogP contribution is 2.31. The van der Waals surface area contributed by atoms with Crippen LogP contribution in [0.2, 0.25) is 5.02 Å². The van der Waals surface area contributed by atoms with Crippen molar-refractivity contribution in [1.82, 2.24) is 5.32 Å². The van der Waals surface area contributed by atoms with Gasteiger partial charge in [-0.25, -0.2) is 4.39 Å². The minimum atomic E-state index is -0.417. The van der Waals surface area contributed by atoms with Crippen molar-refractivity contribution in [3.8, 4) is 0 Å². The molecule has 31 heavy (non-hydrogen) atoms. The van der Waals surface area contributed by atoms with Gasteiger partial charge in [-0.2, -0.15) is 0 Å². The molecule has 0 atom stereocenters. The van der Waals surface area contributed by atoms with E-state index in [0.29, 0.717) is 23.9 Å². The minimum absolute atomic E-state index is 0.0622. The lowest BCUT2D eigenvalue weighted by atomic mass is 9.91. The second-order valence-electron chi connectivity index (χ2n) is 8.96. The van der Waals surface area contributed by atoms with Crippen LogP contribution in [-0.2, 0) is 19.4 Å². The van der Waals surface area contributed by atoms with E-state index in [-0.39, 0.29) is 11.3 Å². The van der Waals surface area contributed by atoms with E-state index in [1.54, 1.807) is 6.07 Å². The SMILES string of the molecule is O=C(CC1CCCCCC1)c1ccc(CNc2c(Cl)ccc3c2CCNCC3)cc1F. The molecule has 0 bridgehead atoms. The van der Waals surface area contributed by atoms with Crippen LogP contribution >= 0.6 is 11.6 Å². The molecule has 2 aromatic carbocycles. The molecule has 4 rings (SSSR count). The summed E-state index contributed by atoms with van der Waals surface area (Å²) in [5, 5.41) is 7.53. The van der Waals surface area contributed by atoms with Crippen LogP contribution in [0, 0.1) is 11.7 Å². The summed E-state index contributed by atoms with van der Waals surface area (Å²) in [6, 6.07) is 9.04. The number of ketones is 1. The van der Waals surface area contributed by atoms with E-state index in [2.05, 4.69) is 16.7 Å². The summed E-state index contributed by atoms with van der Waals surface area (Å²) < 4.78 is 14.8. The predicted octanol–water partition coefficient (Wildman–Crippen LogP) is 6.32. The number of carbonyl (C=O) groups is 1. The monoisotopic (exact) mass is 442 g/mol. The van der Waals surface area contributed by atoms with Gasteiger partial charge in [-0.05, 0) is 66.7 Å². The van der Waals surface area contributed by atoms with Crippen LogP contribution in [0.3, 0.4) is 0 Å². The topological polar surface area (TPSA) is 41.1 Å². The Kier molecular flexibility index (Phi) is 7.62. The van der Waals surface area contributed by atoms with Crippen molar-refractivity contribution in [2.24, 2.45) is 5.92 Å². The van der Waals surface area contributed by atoms with Gasteiger partial charge in [-0.1, -0.05) is 62.3 Å². The Hall–Kier alpha value is -1.91. The number of hydrogen-bond donors (Lipinski definition) is 2. The number of carbonyl (C=O) groups excluding carboxylic acids is 1. The third-order valence-corrected chi connectivity index (χ3v) is 7.05. The molecule has 1 saturated carbocycles. The first-order valence-corrected chi connectivity index (χ1v) is 12.1. The third kappa shape index (κ3) is 5.67. The van der Waals surface area contributed by atoms with E-state index in [4.69, 9.17) is 11.6 Å². The van der Waals surface area contributed by atoms with Crippen molar-refractivity contribution in [3.63, 3.8) is 0 Å². The number of anilines is 1. The second-order valence-corrected chi connectivity index (χ2v) is 9.37. The summed E-state index contributed by atoms with van der Waals surface area (Å²) in [6.07, 6.45) is 9.43. The van der Waals surface area contributed by atoms with Gasteiger partial charge in [0, 0.05) is 13.0 Å². The Morgan fingerprint density at radius 3 is 2.61 bits per heavy atom. The van der Waals surface area contributed by atoms with Gasteiger partial charge in [0.25, 0.3) is 0 Å². The summed E-state index contributed by atoms with van der Waals surface area (Å²) in [5.41, 5.74) is 4.53. The molecule has 1 aliphatic carbocycles. The van der Waals surface area contributed by atoms with Gasteiger partial charge in [0.15, 0.2) is 5.78 Å². The molecule has 0 saturated heterocycles. The van der Waals surface area contributed by atoms with Crippen LogP contribution in [0.1, 0.15) is 72.0 Å². The quantitative estimate of drug-likeness (QED) is 0.406. The van der Waals surface area contributed by atoms with Crippen LogP contribution in [0.25, 0.3) is 0 Å². The van der Waals surface area contributed by atoms with Gasteiger partial charge < -0.3 is 10.6 Å². The zero-order valence-electron chi connectivity index (χ0n) is 18.1. The van der Waals surface area contributed by atoms with Crippen molar-refractivity contribution in [3.05, 3.63) is 63.4 Å². The summed E-state index contributed by atoms with van der Waals surface area (Å²) in [7, 11) is 0. The molecule has 1 heterocycles. The summed E-state index contributed by atoms with van der Waals surface area (Å²) >= 11 is 6.48. The fraction of sp³-hybridized carbons (Fsp3) is 0.500. The van der Waals surface area contributed by atoms with Crippen molar-refractivity contribution in [2.75, 3.05) is 18.4 Å². The van der Waals surface area contributed by atoms with E-state index in [1.165, 1.54) is 42.9 Å². The highest BCUT2D eigenvalue weighted by atomic mass is 35.5. The normalized spacial score (nSPS) is 17.5. The maximum Gasteiger partial charge on any atom is 0.166 e. The lowest BCUT2D eigenvalue weighted by Gasteiger charge is -2.17. The van der Waals surface area contributed by atoms with Crippen LogP contribution in [0.5, 0.6) is 0 Å². The van der Waals surface area contributed by atoms with E-state index in [1.807, 2.05) is 12.1 Å². The van der Waals surface area contributed by atoms with E-state index in [9.17, 15) is 9.18 Å². The highest BCUT2D eigenvalue weighted by molar-refractivity contribution is 6.33. The first-order chi connectivity index (χ1) is 15.1. The predicted molar refractivity (Wildman–Crippen MR) is 126 cm³/mol. The van der Waals surface area contributed by atoms with Gasteiger partial charge in [0.1, 0.15) is 5.82 Å². The average Bonchev–Trinajstić information content (AvgIpc) is 3.16. The summed E-state index contributed by atoms with van der Waals surface area (Å²) in [4.78, 5) is 12.7. The molecule has 2 aromatic rings. The molecule has 2 aliphatic rings. The van der Waals surface area contributed by atoms with Crippen LogP contribution in [-0.4, -0.2) is 18.9 Å². The maximum absolute atomic E-state index is 14.8. The fourth-order valence-electron chi connectivity index (χ4n) is 4.96. The number of fused-ring (bicyclic) bond motifs is 1. The van der Waals surface area contributed by atoms with Gasteiger partial charge >= 0.3 is 0 Å². The molecule has 1 aliphatic heterocycles. The Balaban J connectivity index is 1.43. The molecule has 0 aromatic heterocycles. The summed E-state index contributed by atoms with van der Waals surface area (Å²) in [6.45, 7) is 2.36. The Labute approximate surface area is 189 Å². The lowest BCUT2D eigenvalue weighted by Crippen LogP contribution is -2.16. The lowest BCUT2D eigenvalue weighted by molar-refractivity contribution is 0.0953. The Morgan fingerprint density at radius 1 is 1.06 bits per heavy atom. The van der Waals surface area contributed by atoms with Gasteiger partial charge in [-0.15, -0.1) is 0 Å². The van der Waals surface area contributed by atoms with E-state index >= 15 is 0 Å². The van der Waals surface area contributed by atoms with Crippen molar-refractivity contribution in [1.29, 1.82) is 0 Å². The van der Waals surface area contributed by atoms with E-state index < -0.39 is 5.82 Å². The van der Waals surface area contributed by atoms with Crippen LogP contribution < -0.4 is 10.6 Å². The number of hydrogen-bond acceptors (Lipinski definition) is 3. The number of benzene rings is 2. The highest BCUT2D eigenvalue weighted by Gasteiger charge is 2.20. The summed E-state index contributed by atoms with van der Waals surface area (Å²) in [5.74, 6) is -0.0753. The first-order valence-electron chi connectivity index (χ1n) is 11.7. The van der Waals surface area contributed by atoms with Crippen molar-refractivity contribution in [2.45, 2.75) is 64.3 Å². The molecule has 0 unspecified atom stereocenters. The first kappa shape index (κ1) is 22.3. The molecule has 5 heteroatoms. The molecule has 166 valence electrons. The molecule has 0 spiro atoms. The van der Waals surface area contributed by atoms with Gasteiger partial charge in [0.2, 0.25) is 0 Å². The standard InChI is InChI=1S/C26H32ClFN2O/c27-23-10-8-20-11-13-29-14-12-21(20)26(23)30-17-19-7-9-22(24(28)15-19)25(31)16-18-5-3-1-2-4-6-18/h7-10,15,18,29-30H,1-6,11-14,16-17H2. The fourth-order valence-corrected chi connectivity index (χ4v) is 5.20. The molecular weight excluding hydrogens is 411 g/mol. The largest absolute Gasteiger partial charge is 0.380 e. The van der Waals surface area contributed by atoms with Gasteiger partial charge in [-0.3, -0.25) is 4.79 Å². The van der Waals surface area contributed by atoms with Crippen LogP contribution in [0.4, 0.5) is 10.1 Å². The van der Waals surface area contributed by atoms with Crippen LogP contribution in [0.15, 0.2) is 30.3 Å². The smallest absolute Gasteiger partial charge is 0.166 e. The number of rotatable bonds is 6. The molecule has 1 fully saturated rings. The molecular formula is C26H32ClFN2O. The zero-order chi connectivity index (χ0) is 21.6. The third-order valence-electron chi connectivity index (χ3n) is 6.73. The number of halogens is 2. The second kappa shape index (κ2) is 10.6. The Morgan fingerprint density at radius 2 is 1.84 bits per heavy atom. The number of Topliss-reactive ketones (excluding diaryl/α,β-unsaturated/α-hetero) is 1. The van der Waals surface area contributed by atoms with Crippen molar-refractivity contribution < 1.29 is 9.18 Å². The van der Waals surface area contributed by atoms with Crippen molar-refractivity contribution >= 4 is 23.1 Å². The molecule has 0 amide bonds. The number of nitrogens with one attached hydrogen (secondary N) is 2. The van der Waals surface area contributed by atoms with E-state index in [0.717, 1.165) is 50.0 Å². The maximum atomic E-state index is 14.8. The Bertz CT molecular complexity index is 922. The molecule has 3 nitrogen and oxygen atoms in total. The zero-order valence-corrected chi connectivity index (χ0v) is 18.9.